The number of nitrogens with one attached hydrogen (secondary N) is 1. The maximum atomic E-state index is 13.3. The summed E-state index contributed by atoms with van der Waals surface area (Å²) in [5, 5.41) is 3.63. The van der Waals surface area contributed by atoms with Gasteiger partial charge in [0.2, 0.25) is 0 Å². The van der Waals surface area contributed by atoms with Gasteiger partial charge in [0.1, 0.15) is 5.75 Å². The van der Waals surface area contributed by atoms with Gasteiger partial charge in [0, 0.05) is 41.2 Å². The van der Waals surface area contributed by atoms with E-state index in [0.717, 1.165) is 19.3 Å². The normalized spacial score (nSPS) is 22.8. The predicted molar refractivity (Wildman–Crippen MR) is 137 cm³/mol. The molecule has 3 fully saturated rings. The zero-order valence-electron chi connectivity index (χ0n) is 20.8. The fourth-order valence-electron chi connectivity index (χ4n) is 5.63. The van der Waals surface area contributed by atoms with Crippen molar-refractivity contribution in [3.63, 3.8) is 0 Å². The first-order valence-corrected chi connectivity index (χ1v) is 13.0. The first-order chi connectivity index (χ1) is 17.4. The lowest BCUT2D eigenvalue weighted by molar-refractivity contribution is 0.0767. The summed E-state index contributed by atoms with van der Waals surface area (Å²) in [5.74, 6) is 2.56. The molecule has 1 N–H and O–H groups in total. The van der Waals surface area contributed by atoms with Crippen LogP contribution < -0.4 is 19.5 Å². The van der Waals surface area contributed by atoms with Crippen molar-refractivity contribution in [3.05, 3.63) is 52.5 Å². The molecule has 1 heterocycles. The maximum absolute atomic E-state index is 13.3. The number of nitrogens with zero attached hydrogens (tertiary/aromatic N) is 1. The summed E-state index contributed by atoms with van der Waals surface area (Å²) >= 11 is 6.20. The molecule has 0 bridgehead atoms. The fraction of sp³-hybridized carbons (Fsp3) is 0.500. The number of halogens is 1. The number of methoxy groups -OCH3 is 2. The quantitative estimate of drug-likeness (QED) is 0.521. The van der Waals surface area contributed by atoms with Crippen molar-refractivity contribution in [1.82, 2.24) is 10.2 Å². The number of amides is 2. The smallest absolute Gasteiger partial charge is 0.254 e. The van der Waals surface area contributed by atoms with Gasteiger partial charge in [0.25, 0.3) is 11.8 Å². The van der Waals surface area contributed by atoms with Gasteiger partial charge in [-0.2, -0.15) is 0 Å². The van der Waals surface area contributed by atoms with Crippen LogP contribution in [-0.2, 0) is 0 Å². The molecule has 2 aliphatic carbocycles. The van der Waals surface area contributed by atoms with Crippen LogP contribution in [0.25, 0.3) is 0 Å². The molecule has 0 aromatic heterocycles. The zero-order chi connectivity index (χ0) is 25.3. The first-order valence-electron chi connectivity index (χ1n) is 12.6. The Morgan fingerprint density at radius 2 is 1.89 bits per heavy atom. The fourth-order valence-corrected chi connectivity index (χ4v) is 5.85. The highest BCUT2D eigenvalue weighted by Gasteiger charge is 2.50. The maximum Gasteiger partial charge on any atom is 0.254 e. The Kier molecular flexibility index (Phi) is 7.02. The van der Waals surface area contributed by atoms with E-state index in [2.05, 4.69) is 5.32 Å². The number of carbonyl (C=O) groups is 2. The van der Waals surface area contributed by atoms with Gasteiger partial charge >= 0.3 is 0 Å². The summed E-state index contributed by atoms with van der Waals surface area (Å²) in [6.07, 6.45) is 5.53. The standard InChI is InChI=1S/C28H33ClN2O5/c1-34-23-11-20(10-22(29)13-23)27(33)31-14-21-4-3-9-28(21,17-31)16-30-26(32)19-7-8-24(35-2)25(12-19)36-15-18-5-6-18/h7-8,10-13,18,21H,3-6,9,14-17H2,1-2H3,(H,30,32)/t21-,28-/m0/s1. The molecule has 2 aromatic carbocycles. The Bertz CT molecular complexity index is 1150. The third kappa shape index (κ3) is 5.12. The van der Waals surface area contributed by atoms with Crippen LogP contribution >= 0.6 is 11.6 Å². The Labute approximate surface area is 217 Å². The lowest BCUT2D eigenvalue weighted by Crippen LogP contribution is -2.41. The predicted octanol–water partition coefficient (Wildman–Crippen LogP) is 4.82. The van der Waals surface area contributed by atoms with E-state index in [-0.39, 0.29) is 17.2 Å². The SMILES string of the molecule is COc1cc(Cl)cc(C(=O)N2C[C@@H]3CCC[C@]3(CNC(=O)c3ccc(OC)c(OCC4CC4)c3)C2)c1. The highest BCUT2D eigenvalue weighted by molar-refractivity contribution is 6.31. The highest BCUT2D eigenvalue weighted by Crippen LogP contribution is 2.48. The molecule has 7 nitrogen and oxygen atoms in total. The van der Waals surface area contributed by atoms with E-state index in [1.165, 1.54) is 12.8 Å². The summed E-state index contributed by atoms with van der Waals surface area (Å²) in [4.78, 5) is 28.3. The molecule has 5 rings (SSSR count). The third-order valence-electron chi connectivity index (χ3n) is 7.88. The topological polar surface area (TPSA) is 77.1 Å². The van der Waals surface area contributed by atoms with Crippen LogP contribution in [0.4, 0.5) is 0 Å². The molecule has 36 heavy (non-hydrogen) atoms. The third-order valence-corrected chi connectivity index (χ3v) is 8.10. The highest BCUT2D eigenvalue weighted by atomic mass is 35.5. The molecule has 192 valence electrons. The van der Waals surface area contributed by atoms with E-state index in [0.29, 0.717) is 71.5 Å². The number of hydrogen-bond acceptors (Lipinski definition) is 5. The van der Waals surface area contributed by atoms with E-state index in [4.69, 9.17) is 25.8 Å². The molecule has 8 heteroatoms. The number of fused-ring (bicyclic) bond motifs is 1. The van der Waals surface area contributed by atoms with Crippen LogP contribution in [0.3, 0.4) is 0 Å². The van der Waals surface area contributed by atoms with E-state index in [1.807, 2.05) is 4.90 Å². The van der Waals surface area contributed by atoms with Gasteiger partial charge in [-0.15, -0.1) is 0 Å². The molecule has 2 atom stereocenters. The van der Waals surface area contributed by atoms with Crippen molar-refractivity contribution in [2.45, 2.75) is 32.1 Å². The second-order valence-corrected chi connectivity index (χ2v) is 10.8. The van der Waals surface area contributed by atoms with E-state index in [1.54, 1.807) is 50.6 Å². The lowest BCUT2D eigenvalue weighted by Gasteiger charge is -2.29. The number of carbonyl (C=O) groups excluding carboxylic acids is 2. The van der Waals surface area contributed by atoms with Crippen LogP contribution in [-0.4, -0.2) is 57.2 Å². The van der Waals surface area contributed by atoms with Gasteiger partial charge in [0.15, 0.2) is 11.5 Å². The molecular formula is C28H33ClN2O5. The van der Waals surface area contributed by atoms with Gasteiger partial charge in [-0.1, -0.05) is 18.0 Å². The summed E-state index contributed by atoms with van der Waals surface area (Å²) in [6.45, 7) is 2.48. The second-order valence-electron chi connectivity index (χ2n) is 10.3. The molecule has 0 spiro atoms. The zero-order valence-corrected chi connectivity index (χ0v) is 21.6. The van der Waals surface area contributed by atoms with Gasteiger partial charge in [0.05, 0.1) is 20.8 Å². The van der Waals surface area contributed by atoms with Crippen molar-refractivity contribution in [2.75, 3.05) is 40.5 Å². The van der Waals surface area contributed by atoms with Gasteiger partial charge in [-0.3, -0.25) is 9.59 Å². The minimum atomic E-state index is -0.140. The monoisotopic (exact) mass is 512 g/mol. The Morgan fingerprint density at radius 1 is 1.06 bits per heavy atom. The Hall–Kier alpha value is -2.93. The van der Waals surface area contributed by atoms with Gasteiger partial charge in [-0.25, -0.2) is 0 Å². The second kappa shape index (κ2) is 10.2. The van der Waals surface area contributed by atoms with Crippen LogP contribution in [0.15, 0.2) is 36.4 Å². The van der Waals surface area contributed by atoms with Gasteiger partial charge in [-0.05, 0) is 73.9 Å². The van der Waals surface area contributed by atoms with Crippen molar-refractivity contribution in [3.8, 4) is 17.2 Å². The summed E-state index contributed by atoms with van der Waals surface area (Å²) in [6, 6.07) is 10.4. The summed E-state index contributed by atoms with van der Waals surface area (Å²) in [7, 11) is 3.16. The molecule has 2 saturated carbocycles. The number of benzene rings is 2. The van der Waals surface area contributed by atoms with Crippen molar-refractivity contribution >= 4 is 23.4 Å². The lowest BCUT2D eigenvalue weighted by atomic mass is 9.80. The Morgan fingerprint density at radius 3 is 2.64 bits per heavy atom. The molecule has 1 aliphatic heterocycles. The molecular weight excluding hydrogens is 480 g/mol. The Balaban J connectivity index is 1.26. The van der Waals surface area contributed by atoms with Crippen LogP contribution in [0, 0.1) is 17.3 Å². The van der Waals surface area contributed by atoms with Crippen LogP contribution in [0.2, 0.25) is 5.02 Å². The number of ether oxygens (including phenoxy) is 3. The minimum absolute atomic E-state index is 0.0523. The van der Waals surface area contributed by atoms with Crippen LogP contribution in [0.5, 0.6) is 17.2 Å². The largest absolute Gasteiger partial charge is 0.497 e. The molecule has 2 aromatic rings. The van der Waals surface area contributed by atoms with Crippen molar-refractivity contribution in [2.24, 2.45) is 17.3 Å². The molecule has 1 saturated heterocycles. The minimum Gasteiger partial charge on any atom is -0.497 e. The average Bonchev–Trinajstić information content (AvgIpc) is 3.53. The van der Waals surface area contributed by atoms with Crippen molar-refractivity contribution in [1.29, 1.82) is 0 Å². The number of likely N-dealkylation sites (tertiary alicyclic amines) is 1. The first kappa shape index (κ1) is 24.8. The number of hydrogen-bond donors (Lipinski definition) is 1. The van der Waals surface area contributed by atoms with Crippen LogP contribution in [0.1, 0.15) is 52.8 Å². The molecule has 0 unspecified atom stereocenters. The van der Waals surface area contributed by atoms with E-state index < -0.39 is 0 Å². The van der Waals surface area contributed by atoms with E-state index in [9.17, 15) is 9.59 Å². The molecule has 3 aliphatic rings. The molecule has 0 radical (unpaired) electrons. The average molecular weight is 513 g/mol. The summed E-state index contributed by atoms with van der Waals surface area (Å²) in [5.41, 5.74) is 0.950. The summed E-state index contributed by atoms with van der Waals surface area (Å²) < 4.78 is 16.6. The molecule has 2 amide bonds. The number of rotatable bonds is 9. The van der Waals surface area contributed by atoms with E-state index >= 15 is 0 Å². The van der Waals surface area contributed by atoms with Gasteiger partial charge < -0.3 is 24.4 Å². The van der Waals surface area contributed by atoms with Crippen molar-refractivity contribution < 1.29 is 23.8 Å².